The monoisotopic (exact) mass is 204 g/mol. The molecular weight excluding hydrogens is 188 g/mol. The van der Waals surface area contributed by atoms with Gasteiger partial charge in [-0.25, -0.2) is 0 Å². The smallest absolute Gasteiger partial charge is 0.210 e. The lowest BCUT2D eigenvalue weighted by atomic mass is 9.94. The van der Waals surface area contributed by atoms with E-state index in [2.05, 4.69) is 11.9 Å². The molecule has 2 heterocycles. The molecule has 1 aromatic heterocycles. The van der Waals surface area contributed by atoms with Gasteiger partial charge in [0.05, 0.1) is 6.04 Å². The zero-order valence-corrected chi connectivity index (χ0v) is 9.02. The average Bonchev–Trinajstić information content (AvgIpc) is 2.30. The summed E-state index contributed by atoms with van der Waals surface area (Å²) in [6, 6.07) is 2.29. The summed E-state index contributed by atoms with van der Waals surface area (Å²) in [6.07, 6.45) is 8.05. The fourth-order valence-corrected chi connectivity index (χ4v) is 2.27. The highest BCUT2D eigenvalue weighted by molar-refractivity contribution is 5.49. The van der Waals surface area contributed by atoms with E-state index >= 15 is 0 Å². The molecule has 0 saturated carbocycles. The van der Waals surface area contributed by atoms with Gasteiger partial charge in [0.1, 0.15) is 0 Å². The molecule has 1 aliphatic heterocycles. The summed E-state index contributed by atoms with van der Waals surface area (Å²) in [7, 11) is 0. The molecule has 1 fully saturated rings. The molecular formula is C12H16N2O. The molecule has 0 unspecified atom stereocenters. The predicted octanol–water partition coefficient (Wildman–Crippen LogP) is 2.07. The minimum atomic E-state index is 0.263. The van der Waals surface area contributed by atoms with Crippen molar-refractivity contribution < 1.29 is 4.79 Å². The van der Waals surface area contributed by atoms with Crippen LogP contribution in [0.25, 0.3) is 0 Å². The molecule has 0 aromatic carbocycles. The highest BCUT2D eigenvalue weighted by Crippen LogP contribution is 2.30. The molecule has 2 rings (SSSR count). The lowest BCUT2D eigenvalue weighted by Gasteiger charge is -2.33. The van der Waals surface area contributed by atoms with Crippen molar-refractivity contribution in [2.45, 2.75) is 32.2 Å². The van der Waals surface area contributed by atoms with Crippen LogP contribution in [-0.2, 0) is 4.79 Å². The van der Waals surface area contributed by atoms with Crippen molar-refractivity contribution in [2.24, 2.45) is 0 Å². The maximum absolute atomic E-state index is 11.0. The molecule has 3 nitrogen and oxygen atoms in total. The Bertz CT molecular complexity index is 351. The summed E-state index contributed by atoms with van der Waals surface area (Å²) in [5.74, 6) is 0. The number of piperidine rings is 1. The number of pyridine rings is 1. The van der Waals surface area contributed by atoms with Gasteiger partial charge in [-0.3, -0.25) is 9.78 Å². The Morgan fingerprint density at radius 2 is 2.40 bits per heavy atom. The van der Waals surface area contributed by atoms with E-state index in [-0.39, 0.29) is 6.04 Å². The lowest BCUT2D eigenvalue weighted by molar-refractivity contribution is -0.121. The maximum Gasteiger partial charge on any atom is 0.210 e. The highest BCUT2D eigenvalue weighted by Gasteiger charge is 2.23. The van der Waals surface area contributed by atoms with Crippen LogP contribution in [0.3, 0.4) is 0 Å². The third-order valence-corrected chi connectivity index (χ3v) is 3.10. The highest BCUT2D eigenvalue weighted by atomic mass is 16.1. The summed E-state index contributed by atoms with van der Waals surface area (Å²) in [6.45, 7) is 2.94. The van der Waals surface area contributed by atoms with Gasteiger partial charge >= 0.3 is 0 Å². The molecule has 0 N–H and O–H groups in total. The normalized spacial score (nSPS) is 21.4. The van der Waals surface area contributed by atoms with Crippen molar-refractivity contribution in [3.8, 4) is 0 Å². The Labute approximate surface area is 90.1 Å². The summed E-state index contributed by atoms with van der Waals surface area (Å²) < 4.78 is 0. The Kier molecular flexibility index (Phi) is 2.99. The Balaban J connectivity index is 2.28. The number of likely N-dealkylation sites (tertiary alicyclic amines) is 1. The fourth-order valence-electron chi connectivity index (χ4n) is 2.27. The van der Waals surface area contributed by atoms with Crippen LogP contribution >= 0.6 is 0 Å². The fraction of sp³-hybridized carbons (Fsp3) is 0.500. The van der Waals surface area contributed by atoms with Crippen LogP contribution in [0.1, 0.15) is 36.4 Å². The first-order valence-corrected chi connectivity index (χ1v) is 5.44. The van der Waals surface area contributed by atoms with Gasteiger partial charge in [-0.1, -0.05) is 0 Å². The molecule has 1 aromatic rings. The number of nitrogens with zero attached hydrogens (tertiary/aromatic N) is 2. The van der Waals surface area contributed by atoms with Gasteiger partial charge in [0.25, 0.3) is 0 Å². The van der Waals surface area contributed by atoms with E-state index in [1.807, 2.05) is 17.2 Å². The second-order valence-electron chi connectivity index (χ2n) is 4.09. The number of carbonyl (C=O) groups excluding carboxylic acids is 1. The average molecular weight is 204 g/mol. The second kappa shape index (κ2) is 4.43. The van der Waals surface area contributed by atoms with Crippen molar-refractivity contribution >= 4 is 6.41 Å². The van der Waals surface area contributed by atoms with E-state index in [1.54, 1.807) is 6.20 Å². The van der Waals surface area contributed by atoms with Crippen molar-refractivity contribution in [3.05, 3.63) is 29.6 Å². The van der Waals surface area contributed by atoms with Crippen LogP contribution in [0.15, 0.2) is 18.5 Å². The van der Waals surface area contributed by atoms with Crippen LogP contribution in [0, 0.1) is 6.92 Å². The number of aryl methyl sites for hydroxylation is 1. The van der Waals surface area contributed by atoms with Crippen molar-refractivity contribution in [3.63, 3.8) is 0 Å². The summed E-state index contributed by atoms with van der Waals surface area (Å²) in [5.41, 5.74) is 2.42. The molecule has 1 saturated heterocycles. The number of carbonyl (C=O) groups is 1. The van der Waals surface area contributed by atoms with E-state index in [0.717, 1.165) is 25.8 Å². The molecule has 1 aliphatic rings. The van der Waals surface area contributed by atoms with Gasteiger partial charge in [0, 0.05) is 18.9 Å². The van der Waals surface area contributed by atoms with Gasteiger partial charge in [0.15, 0.2) is 0 Å². The van der Waals surface area contributed by atoms with Gasteiger partial charge in [0.2, 0.25) is 6.41 Å². The van der Waals surface area contributed by atoms with E-state index in [0.29, 0.717) is 0 Å². The summed E-state index contributed by atoms with van der Waals surface area (Å²) >= 11 is 0. The van der Waals surface area contributed by atoms with Crippen molar-refractivity contribution in [1.82, 2.24) is 9.88 Å². The van der Waals surface area contributed by atoms with Crippen LogP contribution in [0.5, 0.6) is 0 Å². The molecule has 1 atom stereocenters. The predicted molar refractivity (Wildman–Crippen MR) is 58.3 cm³/mol. The van der Waals surface area contributed by atoms with Gasteiger partial charge < -0.3 is 4.90 Å². The molecule has 0 radical (unpaired) electrons. The minimum Gasteiger partial charge on any atom is -0.338 e. The third kappa shape index (κ3) is 2.01. The second-order valence-corrected chi connectivity index (χ2v) is 4.09. The standard InChI is InChI=1S/C12H16N2O/c1-10-8-13-6-5-11(10)12-4-2-3-7-14(12)9-15/h5-6,8-9,12H,2-4,7H2,1H3/t12-/m1/s1. The summed E-state index contributed by atoms with van der Waals surface area (Å²) in [5, 5.41) is 0. The Morgan fingerprint density at radius 1 is 1.53 bits per heavy atom. The largest absolute Gasteiger partial charge is 0.338 e. The zero-order valence-electron chi connectivity index (χ0n) is 9.02. The molecule has 0 bridgehead atoms. The third-order valence-electron chi connectivity index (χ3n) is 3.10. The maximum atomic E-state index is 11.0. The minimum absolute atomic E-state index is 0.263. The summed E-state index contributed by atoms with van der Waals surface area (Å²) in [4.78, 5) is 17.0. The van der Waals surface area contributed by atoms with Crippen LogP contribution in [0.4, 0.5) is 0 Å². The molecule has 1 amide bonds. The molecule has 0 aliphatic carbocycles. The number of aromatic nitrogens is 1. The van der Waals surface area contributed by atoms with Crippen LogP contribution in [-0.4, -0.2) is 22.8 Å². The van der Waals surface area contributed by atoms with Gasteiger partial charge in [-0.2, -0.15) is 0 Å². The van der Waals surface area contributed by atoms with Crippen molar-refractivity contribution in [2.75, 3.05) is 6.54 Å². The topological polar surface area (TPSA) is 33.2 Å². The van der Waals surface area contributed by atoms with E-state index < -0.39 is 0 Å². The molecule has 0 spiro atoms. The molecule has 80 valence electrons. The van der Waals surface area contributed by atoms with Crippen LogP contribution < -0.4 is 0 Å². The van der Waals surface area contributed by atoms with Crippen molar-refractivity contribution in [1.29, 1.82) is 0 Å². The Hall–Kier alpha value is -1.38. The Morgan fingerprint density at radius 3 is 3.13 bits per heavy atom. The van der Waals surface area contributed by atoms with Crippen LogP contribution in [0.2, 0.25) is 0 Å². The first kappa shape index (κ1) is 10.1. The van der Waals surface area contributed by atoms with E-state index in [9.17, 15) is 4.79 Å². The van der Waals surface area contributed by atoms with E-state index in [4.69, 9.17) is 0 Å². The van der Waals surface area contributed by atoms with Gasteiger partial charge in [-0.05, 0) is 43.4 Å². The van der Waals surface area contributed by atoms with E-state index in [1.165, 1.54) is 17.5 Å². The number of rotatable bonds is 2. The molecule has 15 heavy (non-hydrogen) atoms. The quantitative estimate of drug-likeness (QED) is 0.691. The number of amides is 1. The number of hydrogen-bond donors (Lipinski definition) is 0. The SMILES string of the molecule is Cc1cnccc1[C@H]1CCCCN1C=O. The number of hydrogen-bond acceptors (Lipinski definition) is 2. The first-order chi connectivity index (χ1) is 7.33. The zero-order chi connectivity index (χ0) is 10.7. The van der Waals surface area contributed by atoms with Gasteiger partial charge in [-0.15, -0.1) is 0 Å². The first-order valence-electron chi connectivity index (χ1n) is 5.44. The lowest BCUT2D eigenvalue weighted by Crippen LogP contribution is -2.32. The molecule has 3 heteroatoms.